The lowest BCUT2D eigenvalue weighted by Crippen LogP contribution is -2.47. The Morgan fingerprint density at radius 1 is 1.06 bits per heavy atom. The first kappa shape index (κ1) is 25.2. The SMILES string of the molecule is C[Si](C)(C)CCOC(=O)N1CCC(c2ccc(F)cc2)C(OCc2ccc3cc(O)ccc3c2)C1. The molecule has 2 unspecified atom stereocenters. The van der Waals surface area contributed by atoms with Crippen molar-refractivity contribution in [2.24, 2.45) is 0 Å². The van der Waals surface area contributed by atoms with Crippen LogP contribution >= 0.6 is 0 Å². The molecule has 1 heterocycles. The highest BCUT2D eigenvalue weighted by atomic mass is 28.3. The molecule has 2 atom stereocenters. The zero-order valence-corrected chi connectivity index (χ0v) is 21.7. The molecule has 1 saturated heterocycles. The van der Waals surface area contributed by atoms with E-state index < -0.39 is 8.07 Å². The Labute approximate surface area is 207 Å². The van der Waals surface area contributed by atoms with E-state index in [4.69, 9.17) is 9.47 Å². The van der Waals surface area contributed by atoms with Crippen LogP contribution < -0.4 is 0 Å². The fourth-order valence-electron chi connectivity index (χ4n) is 4.45. The van der Waals surface area contributed by atoms with Crippen LogP contribution in [0, 0.1) is 5.82 Å². The van der Waals surface area contributed by atoms with Gasteiger partial charge in [-0.05, 0) is 64.7 Å². The minimum Gasteiger partial charge on any atom is -0.508 e. The summed E-state index contributed by atoms with van der Waals surface area (Å²) in [6.45, 7) is 8.61. The van der Waals surface area contributed by atoms with Crippen molar-refractivity contribution in [3.8, 4) is 5.75 Å². The van der Waals surface area contributed by atoms with Crippen molar-refractivity contribution >= 4 is 24.9 Å². The molecule has 0 bridgehead atoms. The predicted molar refractivity (Wildman–Crippen MR) is 139 cm³/mol. The van der Waals surface area contributed by atoms with E-state index in [-0.39, 0.29) is 29.7 Å². The molecule has 0 aliphatic carbocycles. The molecule has 0 aromatic heterocycles. The molecule has 1 aliphatic rings. The van der Waals surface area contributed by atoms with Crippen molar-refractivity contribution in [1.29, 1.82) is 0 Å². The Balaban J connectivity index is 1.46. The quantitative estimate of drug-likeness (QED) is 0.379. The highest BCUT2D eigenvalue weighted by Gasteiger charge is 2.34. The number of benzene rings is 3. The molecule has 5 nitrogen and oxygen atoms in total. The van der Waals surface area contributed by atoms with Gasteiger partial charge in [-0.15, -0.1) is 0 Å². The number of likely N-dealkylation sites (tertiary alicyclic amines) is 1. The average Bonchev–Trinajstić information content (AvgIpc) is 2.82. The van der Waals surface area contributed by atoms with Gasteiger partial charge in [0.1, 0.15) is 11.6 Å². The number of amides is 1. The van der Waals surface area contributed by atoms with Crippen molar-refractivity contribution in [1.82, 2.24) is 4.90 Å². The Bertz CT molecular complexity index is 1160. The third kappa shape index (κ3) is 6.83. The van der Waals surface area contributed by atoms with E-state index in [1.165, 1.54) is 12.1 Å². The normalized spacial score (nSPS) is 18.6. The van der Waals surface area contributed by atoms with Gasteiger partial charge in [0.15, 0.2) is 0 Å². The maximum atomic E-state index is 13.5. The summed E-state index contributed by atoms with van der Waals surface area (Å²) in [5, 5.41) is 11.7. The van der Waals surface area contributed by atoms with Gasteiger partial charge >= 0.3 is 6.09 Å². The van der Waals surface area contributed by atoms with Gasteiger partial charge in [0.05, 0.1) is 25.9 Å². The molecule has 4 rings (SSSR count). The molecule has 1 fully saturated rings. The topological polar surface area (TPSA) is 59.0 Å². The van der Waals surface area contributed by atoms with E-state index in [0.717, 1.165) is 34.4 Å². The van der Waals surface area contributed by atoms with Crippen LogP contribution in [0.5, 0.6) is 5.75 Å². The predicted octanol–water partition coefficient (Wildman–Crippen LogP) is 6.53. The second-order valence-electron chi connectivity index (χ2n) is 10.5. The molecule has 186 valence electrons. The zero-order chi connectivity index (χ0) is 25.0. The molecule has 3 aromatic carbocycles. The number of phenols is 1. The van der Waals surface area contributed by atoms with Crippen LogP contribution in [-0.4, -0.2) is 50.0 Å². The number of nitrogens with zero attached hydrogens (tertiary/aromatic N) is 1. The number of hydrogen-bond acceptors (Lipinski definition) is 4. The number of rotatable bonds is 7. The molecule has 3 aromatic rings. The van der Waals surface area contributed by atoms with Crippen LogP contribution in [0.25, 0.3) is 10.8 Å². The van der Waals surface area contributed by atoms with E-state index >= 15 is 0 Å². The highest BCUT2D eigenvalue weighted by Crippen LogP contribution is 2.32. The van der Waals surface area contributed by atoms with Gasteiger partial charge in [0, 0.05) is 20.5 Å². The molecule has 1 N–H and O–H groups in total. The molecule has 0 radical (unpaired) electrons. The van der Waals surface area contributed by atoms with Gasteiger partial charge in [-0.3, -0.25) is 0 Å². The second kappa shape index (κ2) is 10.8. The Morgan fingerprint density at radius 2 is 1.77 bits per heavy atom. The number of phenolic OH excluding ortho intramolecular Hbond substituents is 1. The summed E-state index contributed by atoms with van der Waals surface area (Å²) in [4.78, 5) is 14.5. The van der Waals surface area contributed by atoms with Crippen LogP contribution in [-0.2, 0) is 16.1 Å². The number of fused-ring (bicyclic) bond motifs is 1. The van der Waals surface area contributed by atoms with E-state index in [9.17, 15) is 14.3 Å². The van der Waals surface area contributed by atoms with Crippen LogP contribution in [0.1, 0.15) is 23.5 Å². The number of piperidine rings is 1. The Kier molecular flexibility index (Phi) is 7.77. The fraction of sp³-hybridized carbons (Fsp3) is 0.393. The van der Waals surface area contributed by atoms with Crippen molar-refractivity contribution in [2.45, 2.75) is 50.7 Å². The lowest BCUT2D eigenvalue weighted by Gasteiger charge is -2.38. The summed E-state index contributed by atoms with van der Waals surface area (Å²) >= 11 is 0. The Hall–Kier alpha value is -2.90. The summed E-state index contributed by atoms with van der Waals surface area (Å²) in [7, 11) is -1.28. The number of ether oxygens (including phenoxy) is 2. The van der Waals surface area contributed by atoms with E-state index in [0.29, 0.717) is 26.3 Å². The third-order valence-electron chi connectivity index (χ3n) is 6.55. The molecule has 0 spiro atoms. The first-order valence-corrected chi connectivity index (χ1v) is 15.9. The minimum atomic E-state index is -1.28. The van der Waals surface area contributed by atoms with Crippen LogP contribution in [0.15, 0.2) is 60.7 Å². The maximum Gasteiger partial charge on any atom is 0.409 e. The monoisotopic (exact) mass is 495 g/mol. The van der Waals surface area contributed by atoms with Gasteiger partial charge in [-0.25, -0.2) is 9.18 Å². The second-order valence-corrected chi connectivity index (χ2v) is 16.2. The third-order valence-corrected chi connectivity index (χ3v) is 8.25. The van der Waals surface area contributed by atoms with Crippen LogP contribution in [0.2, 0.25) is 25.7 Å². The van der Waals surface area contributed by atoms with Gasteiger partial charge in [0.2, 0.25) is 0 Å². The van der Waals surface area contributed by atoms with Crippen molar-refractivity contribution in [2.75, 3.05) is 19.7 Å². The van der Waals surface area contributed by atoms with E-state index in [1.54, 1.807) is 29.2 Å². The molecular weight excluding hydrogens is 461 g/mol. The minimum absolute atomic E-state index is 0.0547. The fourth-order valence-corrected chi connectivity index (χ4v) is 5.17. The number of aromatic hydroxyl groups is 1. The molecule has 35 heavy (non-hydrogen) atoms. The van der Waals surface area contributed by atoms with Crippen molar-refractivity contribution < 1.29 is 23.8 Å². The number of hydrogen-bond donors (Lipinski definition) is 1. The zero-order valence-electron chi connectivity index (χ0n) is 20.7. The Morgan fingerprint density at radius 3 is 2.51 bits per heavy atom. The summed E-state index contributed by atoms with van der Waals surface area (Å²) in [5.41, 5.74) is 2.02. The summed E-state index contributed by atoms with van der Waals surface area (Å²) in [6, 6.07) is 18.8. The van der Waals surface area contributed by atoms with Gasteiger partial charge in [-0.2, -0.15) is 0 Å². The molecular formula is C28H34FNO4Si. The standard InChI is InChI=1S/C28H34FNO4Si/c1-35(2,3)15-14-33-28(32)30-13-12-26(21-6-9-24(29)10-7-21)27(18-30)34-19-20-4-5-23-17-25(31)11-8-22(23)16-20/h4-11,16-17,26-27,31H,12-15,18-19H2,1-3H3. The molecule has 1 aliphatic heterocycles. The van der Waals surface area contributed by atoms with E-state index in [1.807, 2.05) is 24.3 Å². The smallest absolute Gasteiger partial charge is 0.409 e. The maximum absolute atomic E-state index is 13.5. The summed E-state index contributed by atoms with van der Waals surface area (Å²) in [6.07, 6.45) is 0.186. The van der Waals surface area contributed by atoms with Gasteiger partial charge in [0.25, 0.3) is 0 Å². The lowest BCUT2D eigenvalue weighted by atomic mass is 9.87. The van der Waals surface area contributed by atoms with Crippen LogP contribution in [0.3, 0.4) is 0 Å². The first-order chi connectivity index (χ1) is 16.7. The first-order valence-electron chi connectivity index (χ1n) is 12.2. The van der Waals surface area contributed by atoms with Gasteiger partial charge in [-0.1, -0.05) is 50.0 Å². The summed E-state index contributed by atoms with van der Waals surface area (Å²) < 4.78 is 25.5. The number of carbonyl (C=O) groups is 1. The van der Waals surface area contributed by atoms with Gasteiger partial charge < -0.3 is 19.5 Å². The van der Waals surface area contributed by atoms with Crippen molar-refractivity contribution in [3.63, 3.8) is 0 Å². The van der Waals surface area contributed by atoms with Crippen molar-refractivity contribution in [3.05, 3.63) is 77.6 Å². The highest BCUT2D eigenvalue weighted by molar-refractivity contribution is 6.76. The lowest BCUT2D eigenvalue weighted by molar-refractivity contribution is -0.0233. The molecule has 7 heteroatoms. The summed E-state index contributed by atoms with van der Waals surface area (Å²) in [5.74, 6) is 0.0264. The largest absolute Gasteiger partial charge is 0.508 e. The molecule has 0 saturated carbocycles. The molecule has 1 amide bonds. The number of halogens is 1. The number of carbonyl (C=O) groups excluding carboxylic acids is 1. The average molecular weight is 496 g/mol. The van der Waals surface area contributed by atoms with Crippen LogP contribution in [0.4, 0.5) is 9.18 Å². The van der Waals surface area contributed by atoms with E-state index in [2.05, 4.69) is 19.6 Å².